The number of imidazole rings is 1. The fourth-order valence-electron chi connectivity index (χ4n) is 3.98. The first-order valence-corrected chi connectivity index (χ1v) is 10.9. The lowest BCUT2D eigenvalue weighted by atomic mass is 10.1. The highest BCUT2D eigenvalue weighted by Crippen LogP contribution is 2.30. The Balaban J connectivity index is 1.63. The smallest absolute Gasteiger partial charge is 0.219 e. The zero-order valence-corrected chi connectivity index (χ0v) is 19.0. The van der Waals surface area contributed by atoms with Gasteiger partial charge in [-0.25, -0.2) is 9.97 Å². The fourth-order valence-corrected chi connectivity index (χ4v) is 3.98. The van der Waals surface area contributed by atoms with Crippen molar-refractivity contribution in [3.8, 4) is 28.9 Å². The molecule has 0 unspecified atom stereocenters. The van der Waals surface area contributed by atoms with Gasteiger partial charge in [0.1, 0.15) is 5.69 Å². The Labute approximate surface area is 197 Å². The average molecular weight is 453 g/mol. The quantitative estimate of drug-likeness (QED) is 0.386. The zero-order valence-electron chi connectivity index (χ0n) is 19.0. The molecule has 0 aliphatic heterocycles. The van der Waals surface area contributed by atoms with Gasteiger partial charge in [0.2, 0.25) is 17.6 Å². The summed E-state index contributed by atoms with van der Waals surface area (Å²) in [6, 6.07) is 23.7. The minimum absolute atomic E-state index is 0.0711. The molecule has 0 radical (unpaired) electrons. The van der Waals surface area contributed by atoms with Crippen molar-refractivity contribution in [2.45, 2.75) is 12.8 Å². The Hall–Kier alpha value is -4.39. The molecule has 7 nitrogen and oxygen atoms in total. The van der Waals surface area contributed by atoms with Crippen molar-refractivity contribution in [1.29, 1.82) is 0 Å². The molecule has 0 aliphatic rings. The lowest BCUT2D eigenvalue weighted by Gasteiger charge is -2.08. The van der Waals surface area contributed by atoms with Crippen LogP contribution >= 0.6 is 0 Å². The maximum Gasteiger partial charge on any atom is 0.219 e. The van der Waals surface area contributed by atoms with E-state index in [2.05, 4.69) is 17.1 Å². The van der Waals surface area contributed by atoms with E-state index < -0.39 is 0 Å². The Bertz CT molecular complexity index is 1430. The molecule has 170 valence electrons. The number of rotatable bonds is 7. The number of hydrogen-bond acceptors (Lipinski definition) is 6. The van der Waals surface area contributed by atoms with Gasteiger partial charge in [0, 0.05) is 36.2 Å². The highest BCUT2D eigenvalue weighted by atomic mass is 16.5. The number of fused-ring (bicyclic) bond motifs is 1. The number of hydrogen-bond donors (Lipinski definition) is 1. The summed E-state index contributed by atoms with van der Waals surface area (Å²) in [6.45, 7) is 0. The third-order valence-corrected chi connectivity index (χ3v) is 5.68. The maximum absolute atomic E-state index is 11.2. The molecule has 3 heterocycles. The number of benzene rings is 2. The second kappa shape index (κ2) is 9.23. The van der Waals surface area contributed by atoms with Crippen LogP contribution < -0.4 is 9.47 Å². The minimum Gasteiger partial charge on any atom is -0.493 e. The standard InChI is InChI=1S/C27H24N4O3/c1-33-24-14-13-20(26(30-24)34-2)16-22-27(32)31-17-23(19-11-7-4-8-12-19)28-21(25(31)29-22)15-18-9-5-3-6-10-18/h3-14,17,32H,15-16H2,1-2H3. The van der Waals surface area contributed by atoms with Crippen molar-refractivity contribution < 1.29 is 14.6 Å². The summed E-state index contributed by atoms with van der Waals surface area (Å²) in [5.41, 5.74) is 5.57. The molecule has 0 spiro atoms. The van der Waals surface area contributed by atoms with Crippen molar-refractivity contribution >= 4 is 5.65 Å². The number of aromatic hydroxyl groups is 1. The first-order valence-electron chi connectivity index (χ1n) is 10.9. The van der Waals surface area contributed by atoms with Crippen LogP contribution in [0.3, 0.4) is 0 Å². The van der Waals surface area contributed by atoms with E-state index in [0.717, 1.165) is 28.1 Å². The third kappa shape index (κ3) is 4.15. The van der Waals surface area contributed by atoms with Crippen LogP contribution in [0.5, 0.6) is 17.6 Å². The van der Waals surface area contributed by atoms with Gasteiger partial charge in [-0.2, -0.15) is 4.98 Å². The second-order valence-electron chi connectivity index (χ2n) is 7.88. The lowest BCUT2D eigenvalue weighted by Crippen LogP contribution is -2.00. The topological polar surface area (TPSA) is 81.8 Å². The molecule has 0 fully saturated rings. The normalized spacial score (nSPS) is 11.0. The van der Waals surface area contributed by atoms with Crippen molar-refractivity contribution in [2.24, 2.45) is 0 Å². The van der Waals surface area contributed by atoms with E-state index in [4.69, 9.17) is 19.4 Å². The molecule has 0 saturated heterocycles. The van der Waals surface area contributed by atoms with Crippen LogP contribution in [0.15, 0.2) is 79.0 Å². The summed E-state index contributed by atoms with van der Waals surface area (Å²) in [6.07, 6.45) is 2.77. The van der Waals surface area contributed by atoms with E-state index in [1.807, 2.05) is 60.8 Å². The Morgan fingerprint density at radius 1 is 0.765 bits per heavy atom. The van der Waals surface area contributed by atoms with Gasteiger partial charge in [0.15, 0.2) is 5.65 Å². The van der Waals surface area contributed by atoms with Crippen LogP contribution in [0.4, 0.5) is 0 Å². The van der Waals surface area contributed by atoms with E-state index in [1.54, 1.807) is 24.7 Å². The Morgan fingerprint density at radius 2 is 1.50 bits per heavy atom. The molecule has 0 bridgehead atoms. The SMILES string of the molecule is COc1ccc(Cc2nc3c(Cc4ccccc4)nc(-c4ccccc4)cn3c2O)c(OC)n1. The molecule has 0 atom stereocenters. The van der Waals surface area contributed by atoms with Crippen molar-refractivity contribution in [3.63, 3.8) is 0 Å². The van der Waals surface area contributed by atoms with Gasteiger partial charge in [0.05, 0.1) is 25.6 Å². The van der Waals surface area contributed by atoms with E-state index in [1.165, 1.54) is 0 Å². The van der Waals surface area contributed by atoms with E-state index in [9.17, 15) is 5.11 Å². The number of methoxy groups -OCH3 is 2. The van der Waals surface area contributed by atoms with E-state index >= 15 is 0 Å². The van der Waals surface area contributed by atoms with Crippen LogP contribution in [-0.4, -0.2) is 38.7 Å². The third-order valence-electron chi connectivity index (χ3n) is 5.68. The summed E-state index contributed by atoms with van der Waals surface area (Å²) in [4.78, 5) is 14.1. The summed E-state index contributed by atoms with van der Waals surface area (Å²) in [5.74, 6) is 0.965. The molecule has 1 N–H and O–H groups in total. The summed E-state index contributed by atoms with van der Waals surface area (Å²) < 4.78 is 12.3. The highest BCUT2D eigenvalue weighted by molar-refractivity contribution is 5.63. The van der Waals surface area contributed by atoms with Gasteiger partial charge >= 0.3 is 0 Å². The van der Waals surface area contributed by atoms with Gasteiger partial charge in [-0.1, -0.05) is 60.7 Å². The van der Waals surface area contributed by atoms with E-state index in [-0.39, 0.29) is 5.88 Å². The van der Waals surface area contributed by atoms with Crippen molar-refractivity contribution in [3.05, 3.63) is 102 Å². The molecule has 34 heavy (non-hydrogen) atoms. The Morgan fingerprint density at radius 3 is 2.21 bits per heavy atom. The van der Waals surface area contributed by atoms with Crippen LogP contribution in [0.1, 0.15) is 22.5 Å². The lowest BCUT2D eigenvalue weighted by molar-refractivity contribution is 0.361. The monoisotopic (exact) mass is 452 g/mol. The molecule has 0 amide bonds. The van der Waals surface area contributed by atoms with Crippen LogP contribution in [0, 0.1) is 0 Å². The van der Waals surface area contributed by atoms with Gasteiger partial charge in [-0.15, -0.1) is 0 Å². The molecule has 0 saturated carbocycles. The summed E-state index contributed by atoms with van der Waals surface area (Å²) >= 11 is 0. The molecule has 0 aliphatic carbocycles. The largest absolute Gasteiger partial charge is 0.493 e. The van der Waals surface area contributed by atoms with Gasteiger partial charge < -0.3 is 14.6 Å². The molecule has 7 heteroatoms. The molecule has 5 rings (SSSR count). The molecular weight excluding hydrogens is 428 g/mol. The number of nitrogens with zero attached hydrogens (tertiary/aromatic N) is 4. The number of pyridine rings is 1. The maximum atomic E-state index is 11.2. The van der Waals surface area contributed by atoms with Crippen molar-refractivity contribution in [2.75, 3.05) is 14.2 Å². The van der Waals surface area contributed by atoms with Gasteiger partial charge in [-0.05, 0) is 11.6 Å². The molecule has 5 aromatic rings. The van der Waals surface area contributed by atoms with Crippen LogP contribution in [0.2, 0.25) is 0 Å². The van der Waals surface area contributed by atoms with Gasteiger partial charge in [-0.3, -0.25) is 4.40 Å². The second-order valence-corrected chi connectivity index (χ2v) is 7.88. The summed E-state index contributed by atoms with van der Waals surface area (Å²) in [7, 11) is 3.11. The molecule has 2 aromatic carbocycles. The average Bonchev–Trinajstić information content (AvgIpc) is 3.20. The summed E-state index contributed by atoms with van der Waals surface area (Å²) in [5, 5.41) is 11.2. The van der Waals surface area contributed by atoms with E-state index in [0.29, 0.717) is 35.9 Å². The van der Waals surface area contributed by atoms with Crippen LogP contribution in [-0.2, 0) is 12.8 Å². The van der Waals surface area contributed by atoms with Crippen molar-refractivity contribution in [1.82, 2.24) is 19.4 Å². The minimum atomic E-state index is 0.0711. The zero-order chi connectivity index (χ0) is 23.5. The highest BCUT2D eigenvalue weighted by Gasteiger charge is 2.19. The molecular formula is C27H24N4O3. The van der Waals surface area contributed by atoms with Gasteiger partial charge in [0.25, 0.3) is 0 Å². The predicted molar refractivity (Wildman–Crippen MR) is 129 cm³/mol. The number of aromatic nitrogens is 4. The Kier molecular flexibility index (Phi) is 5.82. The predicted octanol–water partition coefficient (Wildman–Crippen LogP) is 4.70. The first kappa shape index (κ1) is 21.5. The fraction of sp³-hybridized carbons (Fsp3) is 0.148. The molecule has 3 aromatic heterocycles. The number of ether oxygens (including phenoxy) is 2. The van der Waals surface area contributed by atoms with Crippen LogP contribution in [0.25, 0.3) is 16.9 Å². The first-order chi connectivity index (χ1) is 16.7.